The van der Waals surface area contributed by atoms with E-state index in [1.54, 1.807) is 24.3 Å². The van der Waals surface area contributed by atoms with Gasteiger partial charge in [-0.2, -0.15) is 0 Å². The van der Waals surface area contributed by atoms with Gasteiger partial charge in [0.25, 0.3) is 5.70 Å². The quantitative estimate of drug-likeness (QED) is 0.353. The van der Waals surface area contributed by atoms with Gasteiger partial charge in [0.1, 0.15) is 0 Å². The molecule has 19 heavy (non-hydrogen) atoms. The van der Waals surface area contributed by atoms with Crippen LogP contribution in [0.2, 0.25) is 0 Å². The Hall–Kier alpha value is -2.70. The molecule has 1 aromatic rings. The number of carbonyl (C=O) groups is 2. The lowest BCUT2D eigenvalue weighted by Gasteiger charge is -2.28. The van der Waals surface area contributed by atoms with Crippen LogP contribution in [0, 0.1) is 10.1 Å². The lowest BCUT2D eigenvalue weighted by molar-refractivity contribution is -0.382. The number of hydrogen-bond acceptors (Lipinski definition) is 4. The molecule has 1 aliphatic carbocycles. The third-order valence-electron chi connectivity index (χ3n) is 3.25. The van der Waals surface area contributed by atoms with Crippen molar-refractivity contribution in [3.63, 3.8) is 0 Å². The summed E-state index contributed by atoms with van der Waals surface area (Å²) in [7, 11) is 0. The van der Waals surface area contributed by atoms with Crippen molar-refractivity contribution in [2.45, 2.75) is 12.5 Å². The molecule has 1 fully saturated rings. The fourth-order valence-electron chi connectivity index (χ4n) is 2.42. The summed E-state index contributed by atoms with van der Waals surface area (Å²) in [5, 5.41) is 17.2. The number of fused-ring (bicyclic) bond motifs is 2. The van der Waals surface area contributed by atoms with Crippen LogP contribution in [-0.4, -0.2) is 22.8 Å². The zero-order valence-electron chi connectivity index (χ0n) is 9.67. The largest absolute Gasteiger partial charge is 0.339 e. The summed E-state index contributed by atoms with van der Waals surface area (Å²) >= 11 is 0. The van der Waals surface area contributed by atoms with Crippen LogP contribution in [-0.2, 0) is 9.59 Å². The lowest BCUT2D eigenvalue weighted by atomic mass is 9.95. The highest BCUT2D eigenvalue weighted by molar-refractivity contribution is 6.37. The van der Waals surface area contributed by atoms with E-state index in [1.165, 1.54) is 0 Å². The monoisotopic (exact) mass is 259 g/mol. The molecule has 1 aromatic carbocycles. The van der Waals surface area contributed by atoms with Crippen molar-refractivity contribution in [3.05, 3.63) is 44.8 Å². The molecule has 0 saturated carbocycles. The first-order chi connectivity index (χ1) is 9.08. The van der Waals surface area contributed by atoms with E-state index < -0.39 is 22.8 Å². The molecule has 2 aliphatic rings. The highest BCUT2D eigenvalue weighted by atomic mass is 16.6. The molecule has 1 saturated heterocycles. The summed E-state index contributed by atoms with van der Waals surface area (Å²) in [5.74, 6) is -1.51. The average molecular weight is 259 g/mol. The summed E-state index contributed by atoms with van der Waals surface area (Å²) < 4.78 is 0. The Balaban J connectivity index is 2.33. The number of carbonyl (C=O) groups excluding carboxylic acids is 2. The molecule has 0 spiro atoms. The van der Waals surface area contributed by atoms with Gasteiger partial charge in [0.2, 0.25) is 0 Å². The smallest absolute Gasteiger partial charge is 0.313 e. The number of hydrogen-bond donors (Lipinski definition) is 2. The Morgan fingerprint density at radius 2 is 1.84 bits per heavy atom. The molecule has 96 valence electrons. The summed E-state index contributed by atoms with van der Waals surface area (Å²) in [4.78, 5) is 33.4. The molecule has 1 unspecified atom stereocenters. The second-order valence-corrected chi connectivity index (χ2v) is 4.35. The molecular weight excluding hydrogens is 250 g/mol. The Bertz CT molecular complexity index is 738. The molecule has 2 amide bonds. The first-order valence-electron chi connectivity index (χ1n) is 5.66. The number of benzene rings is 1. The third-order valence-corrected chi connectivity index (χ3v) is 3.25. The maximum atomic E-state index is 11.4. The van der Waals surface area contributed by atoms with E-state index in [-0.39, 0.29) is 12.1 Å². The molecule has 0 radical (unpaired) electrons. The van der Waals surface area contributed by atoms with Gasteiger partial charge in [0.05, 0.1) is 22.6 Å². The standard InChI is InChI=1S/C12H9N3O4/c16-11-12(17)14-10-7-4-2-1-3-6(7)9(15(18)19)5-8(10)13-11/h1-4,8H,5H2,(H,13,16)(H,14,17). The van der Waals surface area contributed by atoms with Crippen LogP contribution in [0.4, 0.5) is 0 Å². The van der Waals surface area contributed by atoms with E-state index in [2.05, 4.69) is 10.6 Å². The van der Waals surface area contributed by atoms with Gasteiger partial charge in [0.15, 0.2) is 0 Å². The van der Waals surface area contributed by atoms with Crippen LogP contribution in [0.1, 0.15) is 6.42 Å². The summed E-state index contributed by atoms with van der Waals surface area (Å²) in [6.45, 7) is 0. The van der Waals surface area contributed by atoms with Gasteiger partial charge in [-0.3, -0.25) is 19.7 Å². The molecule has 0 bridgehead atoms. The summed E-state index contributed by atoms with van der Waals surface area (Å²) in [5.41, 5.74) is 0.562. The first-order valence-corrected chi connectivity index (χ1v) is 5.66. The van der Waals surface area contributed by atoms with Crippen LogP contribution >= 0.6 is 0 Å². The number of nitrogens with zero attached hydrogens (tertiary/aromatic N) is 1. The van der Waals surface area contributed by atoms with E-state index in [0.717, 1.165) is 0 Å². The predicted octanol–water partition coefficient (Wildman–Crippen LogP) is -1.80. The normalized spacial score (nSPS) is 21.2. The second-order valence-electron chi connectivity index (χ2n) is 4.35. The van der Waals surface area contributed by atoms with Crippen molar-refractivity contribution in [3.8, 4) is 0 Å². The van der Waals surface area contributed by atoms with Crippen LogP contribution in [0.15, 0.2) is 24.3 Å². The van der Waals surface area contributed by atoms with E-state index in [9.17, 15) is 19.7 Å². The molecule has 1 aliphatic heterocycles. The fourth-order valence-corrected chi connectivity index (χ4v) is 2.42. The van der Waals surface area contributed by atoms with Crippen molar-refractivity contribution >= 4 is 23.2 Å². The van der Waals surface area contributed by atoms with Crippen molar-refractivity contribution in [2.75, 3.05) is 0 Å². The number of rotatable bonds is 1. The summed E-state index contributed by atoms with van der Waals surface area (Å²) in [6.07, 6.45) is 0.0609. The maximum Gasteiger partial charge on any atom is 0.313 e. The van der Waals surface area contributed by atoms with Gasteiger partial charge < -0.3 is 10.6 Å². The molecular formula is C12H9N3O4. The zero-order chi connectivity index (χ0) is 13.6. The van der Waals surface area contributed by atoms with E-state index >= 15 is 0 Å². The Labute approximate surface area is 106 Å². The van der Waals surface area contributed by atoms with Crippen molar-refractivity contribution in [1.82, 2.24) is 10.6 Å². The van der Waals surface area contributed by atoms with Crippen LogP contribution < -0.4 is 21.1 Å². The number of nitrogens with one attached hydrogen (secondary N) is 2. The Kier molecular flexibility index (Phi) is 2.34. The molecule has 7 heteroatoms. The average Bonchev–Trinajstić information content (AvgIpc) is 2.39. The minimum Gasteiger partial charge on any atom is -0.339 e. The first kappa shape index (κ1) is 11.4. The van der Waals surface area contributed by atoms with Gasteiger partial charge in [-0.1, -0.05) is 18.2 Å². The van der Waals surface area contributed by atoms with Gasteiger partial charge in [0, 0.05) is 10.9 Å². The van der Waals surface area contributed by atoms with Gasteiger partial charge in [-0.25, -0.2) is 0 Å². The SMILES string of the molecule is O=C1NC2=c3ccccc3=C([N+](=O)[O-])CC2NC1=O. The fraction of sp³-hybridized carbons (Fsp3) is 0.167. The molecule has 2 N–H and O–H groups in total. The summed E-state index contributed by atoms with van der Waals surface area (Å²) in [6, 6.07) is 6.21. The molecule has 1 heterocycles. The minimum atomic E-state index is -0.768. The number of piperazine rings is 1. The van der Waals surface area contributed by atoms with Crippen molar-refractivity contribution in [1.29, 1.82) is 0 Å². The van der Waals surface area contributed by atoms with Gasteiger partial charge in [-0.15, -0.1) is 0 Å². The van der Waals surface area contributed by atoms with Crippen molar-refractivity contribution in [2.24, 2.45) is 0 Å². The molecule has 0 aromatic heterocycles. The zero-order valence-corrected chi connectivity index (χ0v) is 9.67. The number of amides is 2. The highest BCUT2D eigenvalue weighted by Crippen LogP contribution is 2.16. The van der Waals surface area contributed by atoms with E-state index in [4.69, 9.17) is 0 Å². The molecule has 7 nitrogen and oxygen atoms in total. The van der Waals surface area contributed by atoms with E-state index in [1.807, 2.05) is 0 Å². The molecule has 3 rings (SSSR count). The van der Waals surface area contributed by atoms with Crippen molar-refractivity contribution < 1.29 is 14.5 Å². The minimum absolute atomic E-state index is 0.0424. The molecule has 1 atom stereocenters. The van der Waals surface area contributed by atoms with Gasteiger partial charge in [-0.05, 0) is 6.07 Å². The predicted molar refractivity (Wildman–Crippen MR) is 64.2 cm³/mol. The second kappa shape index (κ2) is 3.91. The van der Waals surface area contributed by atoms with E-state index in [0.29, 0.717) is 16.1 Å². The van der Waals surface area contributed by atoms with Gasteiger partial charge >= 0.3 is 11.8 Å². The van der Waals surface area contributed by atoms with Crippen LogP contribution in [0.25, 0.3) is 11.4 Å². The maximum absolute atomic E-state index is 11.4. The number of nitro groups is 1. The highest BCUT2D eigenvalue weighted by Gasteiger charge is 2.35. The van der Waals surface area contributed by atoms with Crippen LogP contribution in [0.5, 0.6) is 0 Å². The van der Waals surface area contributed by atoms with Crippen LogP contribution in [0.3, 0.4) is 0 Å². The topological polar surface area (TPSA) is 101 Å². The lowest BCUT2D eigenvalue weighted by Crippen LogP contribution is -2.58. The third kappa shape index (κ3) is 1.67. The Morgan fingerprint density at radius 1 is 1.16 bits per heavy atom. The Morgan fingerprint density at radius 3 is 2.53 bits per heavy atom.